The van der Waals surface area contributed by atoms with E-state index in [-0.39, 0.29) is 54.3 Å². The first-order chi connectivity index (χ1) is 23.3. The molecule has 2 spiro atoms. The van der Waals surface area contributed by atoms with Gasteiger partial charge in [-0.15, -0.1) is 0 Å². The standard InChI is InChI=1S/2C18H21NO3.2CH4.H2O4S.3H2O/c2*1-19-8-7-18-11-4-5-13(20)17(18)22-16-14(21-2)6-3-10(15(16)18)9-12(11)19;;;1-5(2,3)4;;;/h2*3-6,11-13,17,20H,7-9H2,1-2H3;2*1H4;(H2,1,2,3,4);3*1H2/t2*11-,12+,13-,17-,18-;;;;;;/m00....../s1. The summed E-state index contributed by atoms with van der Waals surface area (Å²) in [6, 6.07) is 9.40. The highest BCUT2D eigenvalue weighted by atomic mass is 32.3. The lowest BCUT2D eigenvalue weighted by Crippen LogP contribution is -2.64. The number of nitrogens with zero attached hydrogens (tertiary/aromatic N) is 2. The largest absolute Gasteiger partial charge is 0.493 e. The Morgan fingerprint density at radius 3 is 1.37 bits per heavy atom. The van der Waals surface area contributed by atoms with Crippen LogP contribution in [0.4, 0.5) is 0 Å². The van der Waals surface area contributed by atoms with E-state index in [2.05, 4.69) is 48.2 Å². The maximum absolute atomic E-state index is 10.6. The summed E-state index contributed by atoms with van der Waals surface area (Å²) in [5, 5.41) is 21.1. The first-order valence-corrected chi connectivity index (χ1v) is 18.3. The topological polar surface area (TPSA) is 253 Å². The fourth-order valence-electron chi connectivity index (χ4n) is 10.8. The van der Waals surface area contributed by atoms with Gasteiger partial charge in [-0.1, -0.05) is 51.3 Å². The molecule has 2 aromatic rings. The van der Waals surface area contributed by atoms with Gasteiger partial charge in [0.25, 0.3) is 0 Å². The van der Waals surface area contributed by atoms with Crippen molar-refractivity contribution in [2.45, 2.75) is 87.9 Å². The molecule has 0 radical (unpaired) electrons. The van der Waals surface area contributed by atoms with Crippen molar-refractivity contribution in [1.82, 2.24) is 9.80 Å². The first-order valence-electron chi connectivity index (χ1n) is 16.9. The molecule has 10 N–H and O–H groups in total. The molecule has 8 aliphatic rings. The molecule has 2 saturated heterocycles. The zero-order valence-electron chi connectivity index (χ0n) is 29.5. The van der Waals surface area contributed by atoms with E-state index in [1.165, 1.54) is 22.3 Å². The Bertz CT molecular complexity index is 1730. The lowest BCUT2D eigenvalue weighted by molar-refractivity contribution is -0.0453. The Balaban J connectivity index is 0.000000239. The van der Waals surface area contributed by atoms with Gasteiger partial charge in [-0.3, -0.25) is 9.11 Å². The smallest absolute Gasteiger partial charge is 0.394 e. The van der Waals surface area contributed by atoms with Gasteiger partial charge < -0.3 is 55.4 Å². The van der Waals surface area contributed by atoms with Crippen molar-refractivity contribution in [1.29, 1.82) is 0 Å². The second-order valence-electron chi connectivity index (χ2n) is 14.7. The molecular formula is C38H58N2O13S. The lowest BCUT2D eigenvalue weighted by atomic mass is 9.53. The number of ether oxygens (including phenoxy) is 4. The van der Waals surface area contributed by atoms with Crippen LogP contribution in [-0.2, 0) is 34.1 Å². The monoisotopic (exact) mass is 782 g/mol. The average molecular weight is 783 g/mol. The van der Waals surface area contributed by atoms with Crippen molar-refractivity contribution < 1.29 is 63.1 Å². The summed E-state index contributed by atoms with van der Waals surface area (Å²) in [6.07, 6.45) is 11.1. The van der Waals surface area contributed by atoms with Crippen LogP contribution in [0.5, 0.6) is 23.0 Å². The van der Waals surface area contributed by atoms with Crippen LogP contribution < -0.4 is 18.9 Å². The third kappa shape index (κ3) is 6.30. The van der Waals surface area contributed by atoms with Gasteiger partial charge in [0.05, 0.1) is 14.2 Å². The van der Waals surface area contributed by atoms with Gasteiger partial charge in [-0.05, 0) is 76.1 Å². The second kappa shape index (κ2) is 15.7. The fourth-order valence-corrected chi connectivity index (χ4v) is 10.8. The highest BCUT2D eigenvalue weighted by molar-refractivity contribution is 7.79. The predicted molar refractivity (Wildman–Crippen MR) is 203 cm³/mol. The normalized spacial score (nSPS) is 34.5. The molecule has 10 atom stereocenters. The molecule has 4 heterocycles. The van der Waals surface area contributed by atoms with E-state index in [4.69, 9.17) is 36.5 Å². The number of hydrogen-bond acceptors (Lipinski definition) is 10. The van der Waals surface area contributed by atoms with Crippen LogP contribution in [0.1, 0.15) is 49.9 Å². The van der Waals surface area contributed by atoms with Gasteiger partial charge in [0.2, 0.25) is 0 Å². The fraction of sp³-hybridized carbons (Fsp3) is 0.579. The van der Waals surface area contributed by atoms with E-state index in [0.717, 1.165) is 61.8 Å². The van der Waals surface area contributed by atoms with Gasteiger partial charge in [0.1, 0.15) is 24.4 Å². The second-order valence-corrected chi connectivity index (χ2v) is 15.6. The Hall–Kier alpha value is -3.29. The van der Waals surface area contributed by atoms with E-state index in [0.29, 0.717) is 23.9 Å². The zero-order chi connectivity index (χ0) is 34.6. The summed E-state index contributed by atoms with van der Waals surface area (Å²) in [5.41, 5.74) is 5.21. The summed E-state index contributed by atoms with van der Waals surface area (Å²) < 4.78 is 55.3. The van der Waals surface area contributed by atoms with Crippen molar-refractivity contribution in [3.8, 4) is 23.0 Å². The number of rotatable bonds is 2. The Labute approximate surface area is 317 Å². The number of methoxy groups -OCH3 is 2. The molecule has 4 aliphatic heterocycles. The molecule has 304 valence electrons. The van der Waals surface area contributed by atoms with Crippen LogP contribution in [0.25, 0.3) is 0 Å². The molecule has 54 heavy (non-hydrogen) atoms. The number of likely N-dealkylation sites (tertiary alicyclic amines) is 2. The van der Waals surface area contributed by atoms with Crippen LogP contribution >= 0.6 is 0 Å². The molecule has 0 unspecified atom stereocenters. The minimum absolute atomic E-state index is 0. The van der Waals surface area contributed by atoms with Crippen molar-refractivity contribution in [3.05, 3.63) is 70.8 Å². The highest BCUT2D eigenvalue weighted by Crippen LogP contribution is 2.64. The van der Waals surface area contributed by atoms with E-state index in [1.807, 2.05) is 24.3 Å². The molecule has 4 bridgehead atoms. The number of piperidine rings is 2. The lowest BCUT2D eigenvalue weighted by Gasteiger charge is -2.56. The molecule has 2 fully saturated rings. The van der Waals surface area contributed by atoms with E-state index >= 15 is 0 Å². The van der Waals surface area contributed by atoms with Gasteiger partial charge in [-0.25, -0.2) is 0 Å². The van der Waals surface area contributed by atoms with Crippen LogP contribution in [0.15, 0.2) is 48.6 Å². The van der Waals surface area contributed by atoms with Gasteiger partial charge in [0.15, 0.2) is 23.0 Å². The summed E-state index contributed by atoms with van der Waals surface area (Å²) in [5.74, 6) is 4.18. The number of aliphatic hydroxyl groups is 2. The minimum atomic E-state index is -4.67. The van der Waals surface area contributed by atoms with Crippen LogP contribution in [0, 0.1) is 11.8 Å². The maximum Gasteiger partial charge on any atom is 0.394 e. The molecule has 4 aliphatic carbocycles. The third-order valence-corrected chi connectivity index (χ3v) is 12.7. The molecular weight excluding hydrogens is 724 g/mol. The molecule has 0 amide bonds. The Kier molecular flexibility index (Phi) is 13.1. The molecule has 0 saturated carbocycles. The maximum atomic E-state index is 10.6. The van der Waals surface area contributed by atoms with Gasteiger partial charge in [0, 0.05) is 45.9 Å². The summed E-state index contributed by atoms with van der Waals surface area (Å²) in [6.45, 7) is 2.11. The van der Waals surface area contributed by atoms with E-state index < -0.39 is 22.6 Å². The quantitative estimate of drug-likeness (QED) is 0.247. The molecule has 2 aromatic carbocycles. The summed E-state index contributed by atoms with van der Waals surface area (Å²) in [7, 11) is 3.15. The minimum Gasteiger partial charge on any atom is -0.493 e. The van der Waals surface area contributed by atoms with Crippen molar-refractivity contribution in [2.75, 3.05) is 41.4 Å². The number of likely N-dealkylation sites (N-methyl/N-ethyl adjacent to an activating group) is 2. The summed E-state index contributed by atoms with van der Waals surface area (Å²) >= 11 is 0. The highest BCUT2D eigenvalue weighted by Gasteiger charge is 2.65. The summed E-state index contributed by atoms with van der Waals surface area (Å²) in [4.78, 5) is 4.94. The average Bonchev–Trinajstić information content (AvgIpc) is 3.60. The van der Waals surface area contributed by atoms with E-state index in [9.17, 15) is 10.2 Å². The van der Waals surface area contributed by atoms with Crippen molar-refractivity contribution >= 4 is 10.4 Å². The van der Waals surface area contributed by atoms with Crippen LogP contribution in [0.3, 0.4) is 0 Å². The van der Waals surface area contributed by atoms with Gasteiger partial charge >= 0.3 is 10.4 Å². The molecule has 15 nitrogen and oxygen atoms in total. The Morgan fingerprint density at radius 2 is 1.04 bits per heavy atom. The van der Waals surface area contributed by atoms with Crippen LogP contribution in [-0.4, -0.2) is 132 Å². The predicted octanol–water partition coefficient (Wildman–Crippen LogP) is 1.15. The zero-order valence-corrected chi connectivity index (χ0v) is 30.3. The van der Waals surface area contributed by atoms with Gasteiger partial charge in [-0.2, -0.15) is 8.42 Å². The Morgan fingerprint density at radius 1 is 0.685 bits per heavy atom. The molecule has 10 rings (SSSR count). The third-order valence-electron chi connectivity index (χ3n) is 12.7. The van der Waals surface area contributed by atoms with Crippen LogP contribution in [0.2, 0.25) is 0 Å². The molecule has 0 aromatic heterocycles. The number of aliphatic hydroxyl groups excluding tert-OH is 2. The first kappa shape index (κ1) is 45.1. The van der Waals surface area contributed by atoms with Crippen molar-refractivity contribution in [3.63, 3.8) is 0 Å². The van der Waals surface area contributed by atoms with E-state index in [1.54, 1.807) is 14.2 Å². The number of benzene rings is 2. The van der Waals surface area contributed by atoms with Crippen molar-refractivity contribution in [2.24, 2.45) is 11.8 Å². The number of hydrogen-bond donors (Lipinski definition) is 4. The molecule has 16 heteroatoms. The SMILES string of the molecule is C.C.COc1ccc2c3c1O[C@H]1[C@@H](O)C=C[C@H]4[C@@H](C2)N(C)CC[C@@]341.COc1ccc2c3c1O[C@H]1[C@@H](O)C=C[C@H]4[C@@H](C2)N(C)CC[C@@]341.O.O.O.O=S(=O)(O)O.